The van der Waals surface area contributed by atoms with Crippen LogP contribution in [0.4, 0.5) is 5.69 Å². The first kappa shape index (κ1) is 15.1. The zero-order chi connectivity index (χ0) is 16.2. The molecule has 0 bridgehead atoms. The Labute approximate surface area is 134 Å². The molecule has 0 spiro atoms. The number of rotatable bonds is 4. The lowest BCUT2D eigenvalue weighted by Crippen LogP contribution is -2.23. The maximum absolute atomic E-state index is 11.0. The fourth-order valence-electron chi connectivity index (χ4n) is 2.95. The third-order valence-electron chi connectivity index (χ3n) is 4.00. The highest BCUT2D eigenvalue weighted by Gasteiger charge is 2.30. The molecule has 3 heterocycles. The Hall–Kier alpha value is -2.81. The predicted molar refractivity (Wildman–Crippen MR) is 84.5 cm³/mol. The number of nitriles is 1. The molecule has 23 heavy (non-hydrogen) atoms. The van der Waals surface area contributed by atoms with Crippen molar-refractivity contribution in [3.8, 4) is 6.07 Å². The number of carbonyl (C=O) groups excluding carboxylic acids is 1. The lowest BCUT2D eigenvalue weighted by atomic mass is 10.1. The number of aromatic nitrogens is 1. The summed E-state index contributed by atoms with van der Waals surface area (Å²) < 4.78 is 5.89. The van der Waals surface area contributed by atoms with E-state index in [0.29, 0.717) is 12.1 Å². The number of nitrogens with one attached hydrogen (secondary N) is 1. The van der Waals surface area contributed by atoms with Crippen LogP contribution in [-0.4, -0.2) is 17.4 Å². The van der Waals surface area contributed by atoms with Gasteiger partial charge in [0.1, 0.15) is 17.6 Å². The molecule has 1 aliphatic heterocycles. The predicted octanol–water partition coefficient (Wildman–Crippen LogP) is 2.52. The lowest BCUT2D eigenvalue weighted by molar-refractivity contribution is -0.119. The highest BCUT2D eigenvalue weighted by Crippen LogP contribution is 2.37. The molecule has 0 aliphatic carbocycles. The van der Waals surface area contributed by atoms with Crippen LogP contribution < -0.4 is 10.2 Å². The maximum Gasteiger partial charge on any atom is 0.217 e. The van der Waals surface area contributed by atoms with Crippen molar-refractivity contribution in [1.82, 2.24) is 10.3 Å². The first-order valence-corrected chi connectivity index (χ1v) is 7.63. The molecule has 118 valence electrons. The SMILES string of the molecule is CC(=O)NCc1ccc(C2CCCN2c2ccncc2C#N)o1. The lowest BCUT2D eigenvalue weighted by Gasteiger charge is -2.26. The van der Waals surface area contributed by atoms with Gasteiger partial charge in [-0.05, 0) is 31.0 Å². The second-order valence-corrected chi connectivity index (χ2v) is 5.57. The van der Waals surface area contributed by atoms with Gasteiger partial charge >= 0.3 is 0 Å². The van der Waals surface area contributed by atoms with Crippen LogP contribution in [0.15, 0.2) is 35.0 Å². The van der Waals surface area contributed by atoms with Gasteiger partial charge in [0.25, 0.3) is 0 Å². The van der Waals surface area contributed by atoms with Crippen molar-refractivity contribution in [3.63, 3.8) is 0 Å². The molecule has 0 saturated carbocycles. The fourth-order valence-corrected chi connectivity index (χ4v) is 2.95. The number of nitrogens with zero attached hydrogens (tertiary/aromatic N) is 3. The molecule has 1 saturated heterocycles. The van der Waals surface area contributed by atoms with E-state index in [1.54, 1.807) is 12.4 Å². The van der Waals surface area contributed by atoms with Crippen LogP contribution in [0.1, 0.15) is 42.9 Å². The first-order valence-electron chi connectivity index (χ1n) is 7.63. The smallest absolute Gasteiger partial charge is 0.217 e. The molecule has 1 N–H and O–H groups in total. The molecule has 3 rings (SSSR count). The van der Waals surface area contributed by atoms with Gasteiger partial charge in [-0.1, -0.05) is 0 Å². The van der Waals surface area contributed by atoms with Gasteiger partial charge in [-0.25, -0.2) is 0 Å². The minimum Gasteiger partial charge on any atom is -0.462 e. The minimum absolute atomic E-state index is 0.0825. The number of furan rings is 1. The van der Waals surface area contributed by atoms with Gasteiger partial charge < -0.3 is 14.6 Å². The Morgan fingerprint density at radius 2 is 2.39 bits per heavy atom. The Bertz CT molecular complexity index is 747. The minimum atomic E-state index is -0.0825. The first-order chi connectivity index (χ1) is 11.2. The second kappa shape index (κ2) is 6.53. The summed E-state index contributed by atoms with van der Waals surface area (Å²) in [6.07, 6.45) is 5.31. The molecule has 1 atom stereocenters. The van der Waals surface area contributed by atoms with Crippen LogP contribution in [-0.2, 0) is 11.3 Å². The van der Waals surface area contributed by atoms with Crippen molar-refractivity contribution in [2.45, 2.75) is 32.4 Å². The molecule has 6 heteroatoms. The van der Waals surface area contributed by atoms with E-state index in [1.165, 1.54) is 6.92 Å². The Morgan fingerprint density at radius 3 is 3.17 bits per heavy atom. The Balaban J connectivity index is 1.82. The molecule has 1 amide bonds. The van der Waals surface area contributed by atoms with Crippen LogP contribution >= 0.6 is 0 Å². The molecule has 0 radical (unpaired) electrons. The van der Waals surface area contributed by atoms with Crippen LogP contribution in [0, 0.1) is 11.3 Å². The van der Waals surface area contributed by atoms with Crippen molar-refractivity contribution in [2.24, 2.45) is 0 Å². The number of pyridine rings is 1. The van der Waals surface area contributed by atoms with E-state index < -0.39 is 0 Å². The molecule has 1 fully saturated rings. The third-order valence-corrected chi connectivity index (χ3v) is 4.00. The monoisotopic (exact) mass is 310 g/mol. The standard InChI is InChI=1S/C17H18N4O2/c1-12(22)20-11-14-4-5-17(23-14)16-3-2-8-21(16)15-6-7-19-10-13(15)9-18/h4-7,10,16H,2-3,8,11H2,1H3,(H,20,22). The average molecular weight is 310 g/mol. The Morgan fingerprint density at radius 1 is 1.52 bits per heavy atom. The summed E-state index contributed by atoms with van der Waals surface area (Å²) in [6.45, 7) is 2.75. The maximum atomic E-state index is 11.0. The highest BCUT2D eigenvalue weighted by atomic mass is 16.3. The molecule has 0 aromatic carbocycles. The Kier molecular flexibility index (Phi) is 4.29. The number of hydrogen-bond donors (Lipinski definition) is 1. The van der Waals surface area contributed by atoms with Crippen LogP contribution in [0.25, 0.3) is 0 Å². The van der Waals surface area contributed by atoms with E-state index in [2.05, 4.69) is 21.3 Å². The third kappa shape index (κ3) is 3.19. The van der Waals surface area contributed by atoms with Crippen LogP contribution in [0.5, 0.6) is 0 Å². The molecule has 2 aromatic heterocycles. The van der Waals surface area contributed by atoms with Crippen LogP contribution in [0.2, 0.25) is 0 Å². The van der Waals surface area contributed by atoms with Gasteiger partial charge in [-0.2, -0.15) is 5.26 Å². The molecule has 2 aromatic rings. The molecule has 1 unspecified atom stereocenters. The van der Waals surface area contributed by atoms with Gasteiger partial charge in [0, 0.05) is 25.9 Å². The van der Waals surface area contributed by atoms with Crippen molar-refractivity contribution in [1.29, 1.82) is 5.26 Å². The molecular weight excluding hydrogens is 292 g/mol. The van der Waals surface area contributed by atoms with E-state index >= 15 is 0 Å². The fraction of sp³-hybridized carbons (Fsp3) is 0.353. The van der Waals surface area contributed by atoms with Crippen molar-refractivity contribution < 1.29 is 9.21 Å². The average Bonchev–Trinajstić information content (AvgIpc) is 3.21. The summed E-state index contributed by atoms with van der Waals surface area (Å²) in [7, 11) is 0. The van der Waals surface area contributed by atoms with Gasteiger partial charge in [-0.3, -0.25) is 9.78 Å². The second-order valence-electron chi connectivity index (χ2n) is 5.57. The van der Waals surface area contributed by atoms with E-state index in [-0.39, 0.29) is 11.9 Å². The van der Waals surface area contributed by atoms with Crippen LogP contribution in [0.3, 0.4) is 0 Å². The normalized spacial score (nSPS) is 17.0. The number of carbonyl (C=O) groups is 1. The number of anilines is 1. The summed E-state index contributed by atoms with van der Waals surface area (Å²) in [5.74, 6) is 1.52. The van der Waals surface area contributed by atoms with E-state index in [0.717, 1.165) is 36.6 Å². The van der Waals surface area contributed by atoms with Crippen molar-refractivity contribution in [3.05, 3.63) is 47.7 Å². The summed E-state index contributed by atoms with van der Waals surface area (Å²) in [6, 6.07) is 8.02. The van der Waals surface area contributed by atoms with Crippen molar-refractivity contribution in [2.75, 3.05) is 11.4 Å². The van der Waals surface area contributed by atoms with Crippen molar-refractivity contribution >= 4 is 11.6 Å². The molecule has 1 aliphatic rings. The zero-order valence-electron chi connectivity index (χ0n) is 13.0. The highest BCUT2D eigenvalue weighted by molar-refractivity contribution is 5.72. The summed E-state index contributed by atoms with van der Waals surface area (Å²) in [5.41, 5.74) is 1.47. The number of amides is 1. The van der Waals surface area contributed by atoms with Gasteiger partial charge in [0.15, 0.2) is 0 Å². The largest absolute Gasteiger partial charge is 0.462 e. The zero-order valence-corrected chi connectivity index (χ0v) is 13.0. The van der Waals surface area contributed by atoms with E-state index in [1.807, 2.05) is 18.2 Å². The van der Waals surface area contributed by atoms with E-state index in [4.69, 9.17) is 4.42 Å². The number of hydrogen-bond acceptors (Lipinski definition) is 5. The summed E-state index contributed by atoms with van der Waals surface area (Å²) in [4.78, 5) is 17.2. The quantitative estimate of drug-likeness (QED) is 0.938. The van der Waals surface area contributed by atoms with Gasteiger partial charge in [0.2, 0.25) is 5.91 Å². The summed E-state index contributed by atoms with van der Waals surface area (Å²) in [5, 5.41) is 12.0. The van der Waals surface area contributed by atoms with E-state index in [9.17, 15) is 10.1 Å². The summed E-state index contributed by atoms with van der Waals surface area (Å²) >= 11 is 0. The topological polar surface area (TPSA) is 82.2 Å². The molecule has 6 nitrogen and oxygen atoms in total. The van der Waals surface area contributed by atoms with Gasteiger partial charge in [0.05, 0.1) is 23.8 Å². The van der Waals surface area contributed by atoms with Gasteiger partial charge in [-0.15, -0.1) is 0 Å². The molecular formula is C17H18N4O2.